The average molecular weight is 349 g/mol. The van der Waals surface area contributed by atoms with E-state index < -0.39 is 0 Å². The first-order chi connectivity index (χ1) is 11.7. The Bertz CT molecular complexity index is 664. The summed E-state index contributed by atoms with van der Waals surface area (Å²) in [6.45, 7) is 1.35. The van der Waals surface area contributed by atoms with Gasteiger partial charge in [0, 0.05) is 17.6 Å². The highest BCUT2D eigenvalue weighted by Crippen LogP contribution is 2.18. The van der Waals surface area contributed by atoms with Crippen LogP contribution in [0.15, 0.2) is 48.5 Å². The summed E-state index contributed by atoms with van der Waals surface area (Å²) in [6, 6.07) is 14.7. The summed E-state index contributed by atoms with van der Waals surface area (Å²) >= 11 is 5.92. The normalized spacial score (nSPS) is 10.1. The molecular weight excluding hydrogens is 328 g/mol. The summed E-state index contributed by atoms with van der Waals surface area (Å²) in [6.07, 6.45) is 0.730. The van der Waals surface area contributed by atoms with Crippen LogP contribution in [-0.2, 0) is 6.42 Å². The van der Waals surface area contributed by atoms with Crippen molar-refractivity contribution in [2.75, 3.05) is 26.8 Å². The van der Waals surface area contributed by atoms with Gasteiger partial charge in [-0.1, -0.05) is 29.8 Å². The molecule has 0 radical (unpaired) electrons. The molecule has 0 spiro atoms. The number of methoxy groups -OCH3 is 1. The van der Waals surface area contributed by atoms with Crippen molar-refractivity contribution in [1.29, 1.82) is 0 Å². The molecular formula is C18H21ClN2O3. The molecule has 0 aliphatic carbocycles. The number of hydrogen-bond acceptors (Lipinski definition) is 3. The van der Waals surface area contributed by atoms with Crippen LogP contribution in [0, 0.1) is 0 Å². The lowest BCUT2D eigenvalue weighted by atomic mass is 10.1. The molecule has 128 valence electrons. The third kappa shape index (κ3) is 6.38. The Morgan fingerprint density at radius 2 is 1.79 bits per heavy atom. The quantitative estimate of drug-likeness (QED) is 0.720. The maximum atomic E-state index is 11.7. The minimum absolute atomic E-state index is 0.216. The Balaban J connectivity index is 1.59. The van der Waals surface area contributed by atoms with E-state index in [-0.39, 0.29) is 6.03 Å². The number of carbonyl (C=O) groups excluding carboxylic acids is 1. The van der Waals surface area contributed by atoms with Crippen molar-refractivity contribution in [3.8, 4) is 11.5 Å². The molecule has 24 heavy (non-hydrogen) atoms. The van der Waals surface area contributed by atoms with Crippen LogP contribution in [0.1, 0.15) is 5.56 Å². The molecule has 0 saturated carbocycles. The Hall–Kier alpha value is -2.40. The molecule has 0 fully saturated rings. The van der Waals surface area contributed by atoms with E-state index in [2.05, 4.69) is 10.6 Å². The number of nitrogens with one attached hydrogen (secondary N) is 2. The van der Waals surface area contributed by atoms with Crippen LogP contribution in [0.25, 0.3) is 0 Å². The topological polar surface area (TPSA) is 59.6 Å². The van der Waals surface area contributed by atoms with Gasteiger partial charge in [-0.3, -0.25) is 0 Å². The molecule has 5 nitrogen and oxygen atoms in total. The lowest BCUT2D eigenvalue weighted by Crippen LogP contribution is -2.38. The zero-order valence-corrected chi connectivity index (χ0v) is 14.3. The lowest BCUT2D eigenvalue weighted by Gasteiger charge is -2.10. The molecule has 0 atom stereocenters. The van der Waals surface area contributed by atoms with Crippen LogP contribution in [0.5, 0.6) is 11.5 Å². The Morgan fingerprint density at radius 3 is 2.58 bits per heavy atom. The number of rotatable bonds is 8. The Morgan fingerprint density at radius 1 is 1.04 bits per heavy atom. The van der Waals surface area contributed by atoms with E-state index in [1.54, 1.807) is 13.2 Å². The summed E-state index contributed by atoms with van der Waals surface area (Å²) < 4.78 is 10.7. The third-order valence-corrected chi connectivity index (χ3v) is 3.52. The second-order valence-electron chi connectivity index (χ2n) is 5.09. The standard InChI is InChI=1S/C18H21ClN2O3/c1-23-16-6-3-7-17(13-16)24-11-10-21-18(22)20-9-8-14-4-2-5-15(19)12-14/h2-7,12-13H,8-11H2,1H3,(H2,20,21,22). The molecule has 0 unspecified atom stereocenters. The number of hydrogen-bond donors (Lipinski definition) is 2. The van der Waals surface area contributed by atoms with Gasteiger partial charge in [0.15, 0.2) is 0 Å². The predicted molar refractivity (Wildman–Crippen MR) is 95.0 cm³/mol. The van der Waals surface area contributed by atoms with Crippen molar-refractivity contribution >= 4 is 17.6 Å². The van der Waals surface area contributed by atoms with Gasteiger partial charge in [-0.15, -0.1) is 0 Å². The molecule has 2 N–H and O–H groups in total. The van der Waals surface area contributed by atoms with Crippen LogP contribution in [0.3, 0.4) is 0 Å². The molecule has 2 amide bonds. The second kappa shape index (κ2) is 9.67. The highest BCUT2D eigenvalue weighted by Gasteiger charge is 2.01. The first-order valence-corrected chi connectivity index (χ1v) is 8.08. The van der Waals surface area contributed by atoms with Crippen molar-refractivity contribution < 1.29 is 14.3 Å². The van der Waals surface area contributed by atoms with Crippen molar-refractivity contribution in [3.05, 3.63) is 59.1 Å². The van der Waals surface area contributed by atoms with E-state index in [1.165, 1.54) is 0 Å². The summed E-state index contributed by atoms with van der Waals surface area (Å²) in [4.78, 5) is 11.7. The van der Waals surface area contributed by atoms with Crippen molar-refractivity contribution in [3.63, 3.8) is 0 Å². The van der Waals surface area contributed by atoms with E-state index in [0.29, 0.717) is 30.5 Å². The molecule has 2 aromatic rings. The summed E-state index contributed by atoms with van der Waals surface area (Å²) in [5.74, 6) is 1.44. The smallest absolute Gasteiger partial charge is 0.314 e. The number of ether oxygens (including phenoxy) is 2. The molecule has 0 aliphatic rings. The molecule has 0 saturated heterocycles. The fourth-order valence-electron chi connectivity index (χ4n) is 2.10. The fourth-order valence-corrected chi connectivity index (χ4v) is 2.31. The summed E-state index contributed by atoms with van der Waals surface area (Å²) in [5, 5.41) is 6.25. The van der Waals surface area contributed by atoms with Gasteiger partial charge in [-0.2, -0.15) is 0 Å². The number of carbonyl (C=O) groups is 1. The van der Waals surface area contributed by atoms with Crippen LogP contribution < -0.4 is 20.1 Å². The summed E-state index contributed by atoms with van der Waals surface area (Å²) in [5.41, 5.74) is 1.09. The third-order valence-electron chi connectivity index (χ3n) is 3.29. The first-order valence-electron chi connectivity index (χ1n) is 7.70. The predicted octanol–water partition coefficient (Wildman–Crippen LogP) is 3.27. The van der Waals surface area contributed by atoms with Gasteiger partial charge >= 0.3 is 6.03 Å². The minimum atomic E-state index is -0.216. The van der Waals surface area contributed by atoms with E-state index in [4.69, 9.17) is 21.1 Å². The largest absolute Gasteiger partial charge is 0.497 e. The highest BCUT2D eigenvalue weighted by molar-refractivity contribution is 6.30. The molecule has 2 rings (SSSR count). The number of halogens is 1. The number of benzene rings is 2. The summed E-state index contributed by atoms with van der Waals surface area (Å²) in [7, 11) is 1.61. The van der Waals surface area contributed by atoms with E-state index >= 15 is 0 Å². The van der Waals surface area contributed by atoms with Gasteiger partial charge in [0.2, 0.25) is 0 Å². The molecule has 6 heteroatoms. The first kappa shape index (κ1) is 17.9. The Labute approximate surface area is 146 Å². The number of urea groups is 1. The van der Waals surface area contributed by atoms with Crippen molar-refractivity contribution in [2.24, 2.45) is 0 Å². The van der Waals surface area contributed by atoms with Crippen LogP contribution in [0.4, 0.5) is 4.79 Å². The maximum Gasteiger partial charge on any atom is 0.314 e. The monoisotopic (exact) mass is 348 g/mol. The van der Waals surface area contributed by atoms with Gasteiger partial charge in [0.1, 0.15) is 18.1 Å². The number of amides is 2. The van der Waals surface area contributed by atoms with Crippen LogP contribution in [0.2, 0.25) is 5.02 Å². The van der Waals surface area contributed by atoms with E-state index in [0.717, 1.165) is 17.7 Å². The van der Waals surface area contributed by atoms with Gasteiger partial charge in [0.05, 0.1) is 13.7 Å². The maximum absolute atomic E-state index is 11.7. The molecule has 2 aromatic carbocycles. The SMILES string of the molecule is COc1cccc(OCCNC(=O)NCCc2cccc(Cl)c2)c1. The average Bonchev–Trinajstić information content (AvgIpc) is 2.59. The van der Waals surface area contributed by atoms with Gasteiger partial charge in [-0.05, 0) is 36.2 Å². The van der Waals surface area contributed by atoms with Crippen LogP contribution >= 0.6 is 11.6 Å². The Kier molecular flexibility index (Phi) is 7.23. The van der Waals surface area contributed by atoms with Crippen molar-refractivity contribution in [1.82, 2.24) is 10.6 Å². The molecule has 0 bridgehead atoms. The van der Waals surface area contributed by atoms with Gasteiger partial charge in [-0.25, -0.2) is 4.79 Å². The van der Waals surface area contributed by atoms with Crippen LogP contribution in [-0.4, -0.2) is 32.8 Å². The zero-order valence-electron chi connectivity index (χ0n) is 13.5. The molecule has 0 aliphatic heterocycles. The van der Waals surface area contributed by atoms with Gasteiger partial charge in [0.25, 0.3) is 0 Å². The molecule has 0 heterocycles. The van der Waals surface area contributed by atoms with E-state index in [9.17, 15) is 4.79 Å². The minimum Gasteiger partial charge on any atom is -0.497 e. The van der Waals surface area contributed by atoms with E-state index in [1.807, 2.05) is 42.5 Å². The lowest BCUT2D eigenvalue weighted by molar-refractivity contribution is 0.236. The second-order valence-corrected chi connectivity index (χ2v) is 5.53. The fraction of sp³-hybridized carbons (Fsp3) is 0.278. The zero-order chi connectivity index (χ0) is 17.2. The van der Waals surface area contributed by atoms with Gasteiger partial charge < -0.3 is 20.1 Å². The highest BCUT2D eigenvalue weighted by atomic mass is 35.5. The van der Waals surface area contributed by atoms with Crippen molar-refractivity contribution in [2.45, 2.75) is 6.42 Å². The molecule has 0 aromatic heterocycles.